The highest BCUT2D eigenvalue weighted by Gasteiger charge is 2.52. The molecule has 1 fully saturated rings. The number of hydrogen-bond donors (Lipinski definition) is 0. The third kappa shape index (κ3) is 3.16. The van der Waals surface area contributed by atoms with Gasteiger partial charge in [-0.05, 0) is 48.0 Å². The zero-order valence-electron chi connectivity index (χ0n) is 17.1. The summed E-state index contributed by atoms with van der Waals surface area (Å²) in [6.45, 7) is 2.99. The van der Waals surface area contributed by atoms with E-state index >= 15 is 0 Å². The number of rotatable bonds is 2. The van der Waals surface area contributed by atoms with E-state index in [1.54, 1.807) is 14.0 Å². The van der Waals surface area contributed by atoms with Gasteiger partial charge in [0.15, 0.2) is 0 Å². The molecule has 0 saturated carbocycles. The van der Waals surface area contributed by atoms with Gasteiger partial charge in [-0.3, -0.25) is 4.79 Å². The third-order valence-electron chi connectivity index (χ3n) is 6.37. The summed E-state index contributed by atoms with van der Waals surface area (Å²) in [6.07, 6.45) is 2.28. The normalized spacial score (nSPS) is 21.6. The van der Waals surface area contributed by atoms with Crippen LogP contribution in [0.2, 0.25) is 0 Å². The molecular weight excluding hydrogens is 446 g/mol. The van der Waals surface area contributed by atoms with Crippen molar-refractivity contribution in [3.05, 3.63) is 58.1 Å². The molecule has 0 bridgehead atoms. The van der Waals surface area contributed by atoms with Crippen LogP contribution in [0, 0.1) is 0 Å². The lowest BCUT2D eigenvalue weighted by Gasteiger charge is -2.51. The van der Waals surface area contributed by atoms with Crippen LogP contribution < -0.4 is 9.47 Å². The number of benzene rings is 2. The number of methoxy groups -OCH3 is 1. The molecule has 1 spiro atoms. The molecule has 0 unspecified atom stereocenters. The van der Waals surface area contributed by atoms with Crippen LogP contribution >= 0.6 is 15.9 Å². The Kier molecular flexibility index (Phi) is 4.73. The maximum atomic E-state index is 11.9. The minimum Gasteiger partial charge on any atom is -0.497 e. The fourth-order valence-electron chi connectivity index (χ4n) is 4.71. The third-order valence-corrected chi connectivity index (χ3v) is 6.87. The van der Waals surface area contributed by atoms with Crippen molar-refractivity contribution in [2.24, 2.45) is 5.10 Å². The minimum absolute atomic E-state index is 0.116. The molecule has 5 rings (SSSR count). The number of ether oxygens (including phenoxy) is 2. The van der Waals surface area contributed by atoms with Gasteiger partial charge in [0.2, 0.25) is 11.6 Å². The Labute approximate surface area is 184 Å². The van der Waals surface area contributed by atoms with Crippen molar-refractivity contribution in [1.29, 1.82) is 0 Å². The Balaban J connectivity index is 1.53. The summed E-state index contributed by atoms with van der Waals surface area (Å²) in [4.78, 5) is 13.7. The van der Waals surface area contributed by atoms with Crippen LogP contribution in [0.25, 0.3) is 0 Å². The molecule has 0 N–H and O–H groups in total. The van der Waals surface area contributed by atoms with Gasteiger partial charge in [0.05, 0.1) is 18.9 Å². The topological polar surface area (TPSA) is 54.4 Å². The number of nitrogens with zero attached hydrogens (tertiary/aromatic N) is 3. The highest BCUT2D eigenvalue weighted by atomic mass is 79.9. The Bertz CT molecular complexity index is 1010. The summed E-state index contributed by atoms with van der Waals surface area (Å²) in [5.74, 6) is 1.87. The first-order chi connectivity index (χ1) is 14.5. The standard InChI is InChI=1S/C23H24BrN3O3/c1-15(28)26-11-9-23(10-12-26)27-21(19-13-17(24)5-8-22(19)30-23)14-20(25-27)16-3-6-18(29-2)7-4-16/h3-8,13,21H,9-12,14H2,1-2H3/t21-/m0/s1. The number of hydrazone groups is 1. The Morgan fingerprint density at radius 2 is 1.93 bits per heavy atom. The lowest BCUT2D eigenvalue weighted by molar-refractivity contribution is -0.158. The average Bonchev–Trinajstić information content (AvgIpc) is 3.22. The lowest BCUT2D eigenvalue weighted by atomic mass is 9.90. The summed E-state index contributed by atoms with van der Waals surface area (Å²) in [6, 6.07) is 14.4. The van der Waals surface area contributed by atoms with E-state index in [9.17, 15) is 4.79 Å². The number of hydrogen-bond acceptors (Lipinski definition) is 5. The second kappa shape index (κ2) is 7.30. The molecular formula is C23H24BrN3O3. The molecule has 3 aliphatic rings. The van der Waals surface area contributed by atoms with Gasteiger partial charge in [-0.15, -0.1) is 0 Å². The minimum atomic E-state index is -0.522. The van der Waals surface area contributed by atoms with Crippen molar-refractivity contribution in [2.45, 2.75) is 38.0 Å². The maximum Gasteiger partial charge on any atom is 0.219 e. The molecule has 1 amide bonds. The van der Waals surface area contributed by atoms with E-state index < -0.39 is 5.72 Å². The summed E-state index contributed by atoms with van der Waals surface area (Å²) in [5, 5.41) is 7.24. The van der Waals surface area contributed by atoms with Gasteiger partial charge >= 0.3 is 0 Å². The van der Waals surface area contributed by atoms with Gasteiger partial charge in [-0.2, -0.15) is 5.10 Å². The van der Waals surface area contributed by atoms with Gasteiger partial charge in [-0.1, -0.05) is 15.9 Å². The fraction of sp³-hybridized carbons (Fsp3) is 0.391. The molecule has 30 heavy (non-hydrogen) atoms. The number of carbonyl (C=O) groups is 1. The molecule has 1 atom stereocenters. The predicted octanol–water partition coefficient (Wildman–Crippen LogP) is 4.34. The molecule has 7 heteroatoms. The van der Waals surface area contributed by atoms with Gasteiger partial charge in [-0.25, -0.2) is 5.01 Å². The average molecular weight is 470 g/mol. The summed E-state index contributed by atoms with van der Waals surface area (Å²) >= 11 is 3.61. The van der Waals surface area contributed by atoms with Crippen LogP contribution in [0.15, 0.2) is 52.0 Å². The van der Waals surface area contributed by atoms with Crippen LogP contribution in [0.4, 0.5) is 0 Å². The molecule has 3 heterocycles. The Hall–Kier alpha value is -2.54. The smallest absolute Gasteiger partial charge is 0.219 e. The van der Waals surface area contributed by atoms with Gasteiger partial charge in [0, 0.05) is 49.3 Å². The van der Waals surface area contributed by atoms with Crippen LogP contribution in [0.5, 0.6) is 11.5 Å². The summed E-state index contributed by atoms with van der Waals surface area (Å²) in [5.41, 5.74) is 2.77. The van der Waals surface area contributed by atoms with Crippen LogP contribution in [-0.4, -0.2) is 47.5 Å². The molecule has 0 aliphatic carbocycles. The number of halogens is 1. The number of amides is 1. The van der Waals surface area contributed by atoms with E-state index in [-0.39, 0.29) is 11.9 Å². The predicted molar refractivity (Wildman–Crippen MR) is 118 cm³/mol. The van der Waals surface area contributed by atoms with E-state index in [1.165, 1.54) is 0 Å². The van der Waals surface area contributed by atoms with Crippen molar-refractivity contribution >= 4 is 27.5 Å². The van der Waals surface area contributed by atoms with Gasteiger partial charge < -0.3 is 14.4 Å². The molecule has 156 valence electrons. The Morgan fingerprint density at radius 3 is 2.60 bits per heavy atom. The molecule has 2 aromatic rings. The van der Waals surface area contributed by atoms with Crippen LogP contribution in [-0.2, 0) is 4.79 Å². The number of likely N-dealkylation sites (tertiary alicyclic amines) is 1. The zero-order valence-corrected chi connectivity index (χ0v) is 18.7. The fourth-order valence-corrected chi connectivity index (χ4v) is 5.09. The number of fused-ring (bicyclic) bond motifs is 4. The first-order valence-corrected chi connectivity index (χ1v) is 11.0. The molecule has 0 aromatic heterocycles. The largest absolute Gasteiger partial charge is 0.497 e. The lowest BCUT2D eigenvalue weighted by Crippen LogP contribution is -2.59. The number of piperidine rings is 1. The van der Waals surface area contributed by atoms with Crippen molar-refractivity contribution < 1.29 is 14.3 Å². The van der Waals surface area contributed by atoms with Crippen molar-refractivity contribution in [3.63, 3.8) is 0 Å². The van der Waals surface area contributed by atoms with E-state index in [4.69, 9.17) is 14.6 Å². The van der Waals surface area contributed by atoms with E-state index in [2.05, 4.69) is 39.1 Å². The Morgan fingerprint density at radius 1 is 1.20 bits per heavy atom. The van der Waals surface area contributed by atoms with Gasteiger partial charge in [0.1, 0.15) is 11.5 Å². The first-order valence-electron chi connectivity index (χ1n) is 10.2. The van der Waals surface area contributed by atoms with Crippen molar-refractivity contribution in [3.8, 4) is 11.5 Å². The number of carbonyl (C=O) groups excluding carboxylic acids is 1. The second-order valence-corrected chi connectivity index (χ2v) is 8.99. The van der Waals surface area contributed by atoms with Gasteiger partial charge in [0.25, 0.3) is 0 Å². The van der Waals surface area contributed by atoms with Crippen LogP contribution in [0.1, 0.15) is 43.4 Å². The summed E-state index contributed by atoms with van der Waals surface area (Å²) < 4.78 is 12.9. The van der Waals surface area contributed by atoms with E-state index in [0.717, 1.165) is 52.1 Å². The highest BCUT2D eigenvalue weighted by Crippen LogP contribution is 2.50. The zero-order chi connectivity index (χ0) is 20.9. The molecule has 2 aromatic carbocycles. The monoisotopic (exact) mass is 469 g/mol. The first kappa shape index (κ1) is 19.4. The summed E-state index contributed by atoms with van der Waals surface area (Å²) in [7, 11) is 1.67. The van der Waals surface area contributed by atoms with Crippen LogP contribution in [0.3, 0.4) is 0 Å². The molecule has 0 radical (unpaired) electrons. The highest BCUT2D eigenvalue weighted by molar-refractivity contribution is 9.10. The van der Waals surface area contributed by atoms with E-state index in [1.807, 2.05) is 29.2 Å². The second-order valence-electron chi connectivity index (χ2n) is 8.08. The van der Waals surface area contributed by atoms with E-state index in [0.29, 0.717) is 13.1 Å². The molecule has 1 saturated heterocycles. The molecule has 3 aliphatic heterocycles. The van der Waals surface area contributed by atoms with Crippen molar-refractivity contribution in [1.82, 2.24) is 9.91 Å². The SMILES string of the molecule is COc1ccc(C2=NN3[C@@H](C2)c2cc(Br)ccc2OC32CCN(C(C)=O)CC2)cc1. The quantitative estimate of drug-likeness (QED) is 0.656. The van der Waals surface area contributed by atoms with Crippen molar-refractivity contribution in [2.75, 3.05) is 20.2 Å². The maximum absolute atomic E-state index is 11.9. The molecule has 6 nitrogen and oxygen atoms in total.